The van der Waals surface area contributed by atoms with E-state index in [0.29, 0.717) is 18.2 Å². The molecule has 3 aromatic carbocycles. The number of phenolic OH excluding ortho intramolecular Hbond substituents is 1. The topological polar surface area (TPSA) is 57.2 Å². The van der Waals surface area contributed by atoms with Crippen molar-refractivity contribution in [3.63, 3.8) is 0 Å². The molecule has 3 rings (SSSR count). The van der Waals surface area contributed by atoms with Gasteiger partial charge < -0.3 is 22.9 Å². The van der Waals surface area contributed by atoms with Crippen LogP contribution in [0.25, 0.3) is 0 Å². The van der Waals surface area contributed by atoms with Gasteiger partial charge in [0.25, 0.3) is 0 Å². The minimum Gasteiger partial charge on any atom is -0.508 e. The Bertz CT molecular complexity index is 1280. The fraction of sp³-hybridized carbons (Fsp3) is 0. The van der Waals surface area contributed by atoms with Crippen LogP contribution in [0.1, 0.15) is 0 Å². The van der Waals surface area contributed by atoms with E-state index in [-0.39, 0.29) is 0 Å². The maximum atomic E-state index is 12.8. The lowest BCUT2D eigenvalue weighted by Crippen LogP contribution is -2.14. The first-order valence-corrected chi connectivity index (χ1v) is 12.5. The zero-order chi connectivity index (χ0) is 26.5. The number of para-hydroxylation sites is 4. The summed E-state index contributed by atoms with van der Waals surface area (Å²) in [4.78, 5) is 0. The van der Waals surface area contributed by atoms with Crippen molar-refractivity contribution >= 4 is 21.0 Å². The number of aromatic hydroxyl groups is 1. The first-order chi connectivity index (χ1) is 15.5. The summed E-state index contributed by atoms with van der Waals surface area (Å²) in [6, 6.07) is 8.90. The van der Waals surface area contributed by atoms with Crippen LogP contribution in [0.2, 0.25) is 0 Å². The van der Waals surface area contributed by atoms with Crippen molar-refractivity contribution in [2.45, 2.75) is 0 Å². The second kappa shape index (κ2) is 6.87. The molecule has 0 radical (unpaired) electrons. The molecule has 0 saturated carbocycles. The van der Waals surface area contributed by atoms with Crippen LogP contribution >= 0.6 is 21.0 Å². The third-order valence-corrected chi connectivity index (χ3v) is 4.55. The molecule has 0 spiro atoms. The molecule has 35 heavy (non-hydrogen) atoms. The Morgan fingerprint density at radius 1 is 0.457 bits per heavy atom. The van der Waals surface area contributed by atoms with Crippen molar-refractivity contribution in [3.8, 4) is 40.2 Å². The summed E-state index contributed by atoms with van der Waals surface area (Å²) < 4.78 is 144. The Morgan fingerprint density at radius 3 is 1.20 bits per heavy atom. The molecule has 0 aromatic heterocycles. The van der Waals surface area contributed by atoms with Crippen LogP contribution in [-0.4, -0.2) is 5.11 Å². The van der Waals surface area contributed by atoms with Gasteiger partial charge in [-0.1, -0.05) is 63.1 Å². The maximum Gasteiger partial charge on any atom is 0.435 e. The van der Waals surface area contributed by atoms with Gasteiger partial charge in [-0.3, -0.25) is 0 Å². The van der Waals surface area contributed by atoms with E-state index in [4.69, 9.17) is 9.47 Å². The Morgan fingerprint density at radius 2 is 0.800 bits per heavy atom. The van der Waals surface area contributed by atoms with E-state index < -0.39 is 61.3 Å². The second-order valence-electron chi connectivity index (χ2n) is 6.69. The molecule has 0 aliphatic carbocycles. The molecular formula is C18H12F10O5S2. The van der Waals surface area contributed by atoms with E-state index in [0.717, 1.165) is 48.5 Å². The van der Waals surface area contributed by atoms with Gasteiger partial charge in [0, 0.05) is 6.07 Å². The van der Waals surface area contributed by atoms with Gasteiger partial charge in [-0.05, 0) is 36.4 Å². The van der Waals surface area contributed by atoms with Gasteiger partial charge >= 0.3 is 21.0 Å². The van der Waals surface area contributed by atoms with Crippen LogP contribution in [0, 0.1) is 0 Å². The lowest BCUT2D eigenvalue weighted by atomic mass is 10.2. The predicted octanol–water partition coefficient (Wildman–Crippen LogP) is 10.2. The van der Waals surface area contributed by atoms with E-state index >= 15 is 0 Å². The quantitative estimate of drug-likeness (QED) is 0.277. The van der Waals surface area contributed by atoms with Gasteiger partial charge in [0.1, 0.15) is 5.75 Å². The molecule has 0 aliphatic heterocycles. The number of ether oxygens (including phenoxy) is 2. The highest BCUT2D eigenvalue weighted by Crippen LogP contribution is 2.98. The number of rotatable bonds is 8. The highest BCUT2D eigenvalue weighted by molar-refractivity contribution is 8.42. The summed E-state index contributed by atoms with van der Waals surface area (Å²) in [5, 5.41) is 9.67. The largest absolute Gasteiger partial charge is 0.508 e. The fourth-order valence-corrected chi connectivity index (χ4v) is 3.40. The van der Waals surface area contributed by atoms with Crippen LogP contribution < -0.4 is 17.8 Å². The molecular weight excluding hydrogens is 550 g/mol. The Balaban J connectivity index is 2.00. The van der Waals surface area contributed by atoms with E-state index in [9.17, 15) is 44.0 Å². The van der Waals surface area contributed by atoms with Crippen molar-refractivity contribution in [3.05, 3.63) is 66.7 Å². The van der Waals surface area contributed by atoms with Crippen molar-refractivity contribution < 1.29 is 61.8 Å². The van der Waals surface area contributed by atoms with Gasteiger partial charge in [-0.15, -0.1) is 0 Å². The number of benzene rings is 3. The lowest BCUT2D eigenvalue weighted by Gasteiger charge is -2.39. The fourth-order valence-electron chi connectivity index (χ4n) is 2.44. The number of hydrogen-bond donors (Lipinski definition) is 1. The van der Waals surface area contributed by atoms with Crippen molar-refractivity contribution in [2.24, 2.45) is 0 Å². The molecule has 196 valence electrons. The molecule has 5 nitrogen and oxygen atoms in total. The molecule has 0 fully saturated rings. The van der Waals surface area contributed by atoms with Crippen molar-refractivity contribution in [1.82, 2.24) is 0 Å². The molecule has 0 heterocycles. The van der Waals surface area contributed by atoms with Crippen LogP contribution in [-0.2, 0) is 0 Å². The van der Waals surface area contributed by atoms with E-state index in [1.807, 2.05) is 0 Å². The lowest BCUT2D eigenvalue weighted by molar-refractivity contribution is 0.234. The summed E-state index contributed by atoms with van der Waals surface area (Å²) in [7, 11) is -20.9. The Hall–Kier alpha value is -3.34. The van der Waals surface area contributed by atoms with Crippen LogP contribution in [0.5, 0.6) is 40.2 Å². The van der Waals surface area contributed by atoms with Gasteiger partial charge in [0.05, 0.1) is 0 Å². The smallest absolute Gasteiger partial charge is 0.435 e. The SMILES string of the molecule is Oc1ccc(Oc2ccccc2OS(F)(F)(F)(F)F)c(Oc2ccccc2OS(F)(F)(F)(F)F)c1. The van der Waals surface area contributed by atoms with Crippen LogP contribution in [0.15, 0.2) is 66.7 Å². The first kappa shape index (κ1) is 26.3. The van der Waals surface area contributed by atoms with Gasteiger partial charge in [-0.2, -0.15) is 0 Å². The monoisotopic (exact) mass is 562 g/mol. The highest BCUT2D eigenvalue weighted by Gasteiger charge is 2.68. The van der Waals surface area contributed by atoms with Gasteiger partial charge in [0.2, 0.25) is 0 Å². The molecule has 0 amide bonds. The molecule has 0 bridgehead atoms. The van der Waals surface area contributed by atoms with Gasteiger partial charge in [0.15, 0.2) is 34.5 Å². The number of hydrogen-bond acceptors (Lipinski definition) is 5. The number of halogens is 10. The maximum absolute atomic E-state index is 12.8. The third-order valence-electron chi connectivity index (χ3n) is 3.56. The highest BCUT2D eigenvalue weighted by atomic mass is 32.5. The third kappa shape index (κ3) is 8.75. The Labute approximate surface area is 190 Å². The van der Waals surface area contributed by atoms with Crippen molar-refractivity contribution in [1.29, 1.82) is 0 Å². The molecule has 0 atom stereocenters. The van der Waals surface area contributed by atoms with E-state index in [1.54, 1.807) is 0 Å². The molecule has 0 unspecified atom stereocenters. The average Bonchev–Trinajstić information content (AvgIpc) is 2.62. The molecule has 0 aliphatic rings. The summed E-state index contributed by atoms with van der Waals surface area (Å²) in [6.07, 6.45) is 0. The summed E-state index contributed by atoms with van der Waals surface area (Å²) in [6.45, 7) is 0. The standard InChI is InChI=1S/C18H12F10O5S2/c19-34(20,21,22,23)32-16-7-3-1-5-13(16)30-15-10-9-12(29)11-18(15)31-14-6-2-4-8-17(14)33-35(24,25,26,27)28/h1-11,29H. The first-order valence-electron chi connectivity index (χ1n) is 8.72. The van der Waals surface area contributed by atoms with E-state index in [2.05, 4.69) is 8.37 Å². The Kier molecular flexibility index (Phi) is 5.16. The molecule has 1 N–H and O–H groups in total. The van der Waals surface area contributed by atoms with Crippen LogP contribution in [0.3, 0.4) is 0 Å². The summed E-state index contributed by atoms with van der Waals surface area (Å²) in [5.41, 5.74) is 0. The average molecular weight is 562 g/mol. The van der Waals surface area contributed by atoms with Gasteiger partial charge in [-0.25, -0.2) is 0 Å². The normalized spacial score (nSPS) is 16.2. The molecule has 3 aromatic rings. The molecule has 17 heteroatoms. The minimum atomic E-state index is -10.4. The predicted molar refractivity (Wildman–Crippen MR) is 109 cm³/mol. The summed E-state index contributed by atoms with van der Waals surface area (Å²) >= 11 is 0. The van der Waals surface area contributed by atoms with Crippen molar-refractivity contribution in [2.75, 3.05) is 0 Å². The minimum absolute atomic E-state index is 0.481. The number of phenols is 1. The molecule has 0 saturated heterocycles. The second-order valence-corrected chi connectivity index (χ2v) is 10.6. The summed E-state index contributed by atoms with van der Waals surface area (Å²) in [5.74, 6) is -6.83. The zero-order valence-electron chi connectivity index (χ0n) is 16.5. The van der Waals surface area contributed by atoms with E-state index in [1.165, 1.54) is 0 Å². The van der Waals surface area contributed by atoms with Crippen LogP contribution in [0.4, 0.5) is 38.9 Å². The zero-order valence-corrected chi connectivity index (χ0v) is 18.2.